The van der Waals surface area contributed by atoms with E-state index in [9.17, 15) is 37.1 Å². The Morgan fingerprint density at radius 1 is 0.942 bits per heavy atom. The van der Waals surface area contributed by atoms with Gasteiger partial charge >= 0.3 is 12.1 Å². The van der Waals surface area contributed by atoms with Gasteiger partial charge in [0.05, 0.1) is 23.0 Å². The summed E-state index contributed by atoms with van der Waals surface area (Å²) < 4.78 is 60.8. The molecule has 2 atom stereocenters. The number of ether oxygens (including phenoxy) is 1. The van der Waals surface area contributed by atoms with Gasteiger partial charge in [-0.15, -0.1) is 0 Å². The number of carboxylic acids is 1. The number of alkyl halides is 3. The summed E-state index contributed by atoms with van der Waals surface area (Å²) in [5.41, 5.74) is 2.09. The van der Waals surface area contributed by atoms with E-state index in [2.05, 4.69) is 5.32 Å². The van der Waals surface area contributed by atoms with Crippen LogP contribution in [0.15, 0.2) is 84.9 Å². The number of aliphatic carboxylic acids is 1. The van der Waals surface area contributed by atoms with Gasteiger partial charge in [-0.25, -0.2) is 4.39 Å². The average Bonchev–Trinajstić information content (AvgIpc) is 3.64. The molecule has 0 aromatic heterocycles. The largest absolute Gasteiger partial charge is 0.489 e. The summed E-state index contributed by atoms with van der Waals surface area (Å²) in [6.07, 6.45) is -0.582. The van der Waals surface area contributed by atoms with Crippen LogP contribution in [0, 0.1) is 11.7 Å². The van der Waals surface area contributed by atoms with Crippen molar-refractivity contribution in [1.29, 1.82) is 0 Å². The smallest absolute Gasteiger partial charge is 0.416 e. The number of nitrogens with one attached hydrogen (secondary N) is 1. The Kier molecular flexibility index (Phi) is 11.2. The third-order valence-corrected chi connectivity index (χ3v) is 10.1. The summed E-state index contributed by atoms with van der Waals surface area (Å²) in [5.74, 6) is -2.64. The molecule has 4 aromatic rings. The second-order valence-electron chi connectivity index (χ2n) is 13.3. The van der Waals surface area contributed by atoms with Crippen LogP contribution in [0.4, 0.5) is 17.6 Å². The molecular weight excluding hydrogens is 700 g/mol. The highest BCUT2D eigenvalue weighted by Gasteiger charge is 2.38. The van der Waals surface area contributed by atoms with Crippen molar-refractivity contribution in [3.05, 3.63) is 124 Å². The molecule has 2 N–H and O–H groups in total. The summed E-state index contributed by atoms with van der Waals surface area (Å²) >= 11 is 5.77. The Balaban J connectivity index is 1.30. The van der Waals surface area contributed by atoms with Crippen molar-refractivity contribution in [2.45, 2.75) is 69.8 Å². The number of nitrogens with zero attached hydrogens (tertiary/aromatic N) is 1. The molecule has 0 spiro atoms. The first-order valence-corrected chi connectivity index (χ1v) is 17.5. The molecule has 0 bridgehead atoms. The minimum absolute atomic E-state index is 0.133. The zero-order valence-corrected chi connectivity index (χ0v) is 28.9. The van der Waals surface area contributed by atoms with Crippen LogP contribution in [-0.4, -0.2) is 34.3 Å². The van der Waals surface area contributed by atoms with Crippen LogP contribution in [0.25, 0.3) is 11.1 Å². The molecule has 1 aliphatic heterocycles. The predicted molar refractivity (Wildman–Crippen MR) is 187 cm³/mol. The molecular formula is C40H37ClF4N2O5. The van der Waals surface area contributed by atoms with E-state index >= 15 is 0 Å². The molecule has 2 aliphatic rings. The highest BCUT2D eigenvalue weighted by Crippen LogP contribution is 2.38. The van der Waals surface area contributed by atoms with Crippen molar-refractivity contribution in [1.82, 2.24) is 10.2 Å². The molecule has 6 rings (SSSR count). The van der Waals surface area contributed by atoms with Crippen molar-refractivity contribution in [3.63, 3.8) is 0 Å². The third kappa shape index (κ3) is 8.58. The minimum Gasteiger partial charge on any atom is -0.489 e. The van der Waals surface area contributed by atoms with Crippen LogP contribution in [0.3, 0.4) is 0 Å². The van der Waals surface area contributed by atoms with E-state index in [1.807, 2.05) is 42.5 Å². The van der Waals surface area contributed by atoms with E-state index in [-0.39, 0.29) is 30.5 Å². The van der Waals surface area contributed by atoms with Gasteiger partial charge in [0.2, 0.25) is 11.8 Å². The number of hydrogen-bond acceptors (Lipinski definition) is 4. The van der Waals surface area contributed by atoms with Crippen molar-refractivity contribution >= 4 is 29.4 Å². The first-order chi connectivity index (χ1) is 24.9. The highest BCUT2D eigenvalue weighted by molar-refractivity contribution is 6.30. The average molecular weight is 737 g/mol. The van der Waals surface area contributed by atoms with Gasteiger partial charge in [-0.3, -0.25) is 14.4 Å². The lowest BCUT2D eigenvalue weighted by Gasteiger charge is -2.38. The lowest BCUT2D eigenvalue weighted by Crippen LogP contribution is -2.48. The number of amides is 2. The predicted octanol–water partition coefficient (Wildman–Crippen LogP) is 9.08. The van der Waals surface area contributed by atoms with Gasteiger partial charge in [-0.2, -0.15) is 13.2 Å². The SMILES string of the molecule is O=C(O)CC(NC(=O)C1c2cc(OCc3cc(C(F)(F)F)cc(Cl)c3F)ccc2CCN1C(=O)CC1CCCC1)c1ccc(-c2ccccc2)cc1. The normalized spacial score (nSPS) is 16.6. The van der Waals surface area contributed by atoms with Crippen LogP contribution in [-0.2, 0) is 33.6 Å². The lowest BCUT2D eigenvalue weighted by atomic mass is 9.90. The summed E-state index contributed by atoms with van der Waals surface area (Å²) in [5, 5.41) is 12.0. The minimum atomic E-state index is -4.75. The van der Waals surface area contributed by atoms with E-state index in [1.54, 1.807) is 24.3 Å². The van der Waals surface area contributed by atoms with Crippen LogP contribution in [0.5, 0.6) is 5.75 Å². The first kappa shape index (κ1) is 36.9. The van der Waals surface area contributed by atoms with E-state index in [4.69, 9.17) is 16.3 Å². The van der Waals surface area contributed by atoms with Crippen LogP contribution in [0.1, 0.15) is 78.4 Å². The summed E-state index contributed by atoms with van der Waals surface area (Å²) in [7, 11) is 0. The van der Waals surface area contributed by atoms with E-state index in [0.29, 0.717) is 29.7 Å². The maximum atomic E-state index is 14.8. The fourth-order valence-corrected chi connectivity index (χ4v) is 7.34. The Labute approximate surface area is 303 Å². The molecule has 1 fully saturated rings. The Morgan fingerprint density at radius 2 is 1.63 bits per heavy atom. The molecule has 1 heterocycles. The Bertz CT molecular complexity index is 1930. The molecule has 0 saturated heterocycles. The van der Waals surface area contributed by atoms with Gasteiger partial charge in [0.15, 0.2) is 0 Å². The number of benzene rings is 4. The number of carbonyl (C=O) groups excluding carboxylic acids is 2. The van der Waals surface area contributed by atoms with Crippen molar-refractivity contribution in [3.8, 4) is 16.9 Å². The van der Waals surface area contributed by atoms with Gasteiger partial charge in [0.1, 0.15) is 24.2 Å². The molecule has 0 radical (unpaired) electrons. The quantitative estimate of drug-likeness (QED) is 0.150. The Morgan fingerprint density at radius 3 is 2.31 bits per heavy atom. The van der Waals surface area contributed by atoms with Gasteiger partial charge in [0, 0.05) is 18.5 Å². The number of rotatable bonds is 11. The fraction of sp³-hybridized carbons (Fsp3) is 0.325. The molecule has 2 unspecified atom stereocenters. The number of carbonyl (C=O) groups is 3. The third-order valence-electron chi connectivity index (χ3n) is 9.79. The van der Waals surface area contributed by atoms with E-state index in [0.717, 1.165) is 42.4 Å². The fourth-order valence-electron chi connectivity index (χ4n) is 7.10. The number of hydrogen-bond donors (Lipinski definition) is 2. The maximum absolute atomic E-state index is 14.8. The summed E-state index contributed by atoms with van der Waals surface area (Å²) in [6, 6.07) is 20.7. The van der Waals surface area contributed by atoms with Crippen molar-refractivity contribution in [2.75, 3.05) is 6.54 Å². The molecule has 4 aromatic carbocycles. The highest BCUT2D eigenvalue weighted by atomic mass is 35.5. The second kappa shape index (κ2) is 15.8. The molecule has 1 saturated carbocycles. The number of halogens is 5. The van der Waals surface area contributed by atoms with Crippen molar-refractivity contribution in [2.24, 2.45) is 5.92 Å². The number of fused-ring (bicyclic) bond motifs is 1. The monoisotopic (exact) mass is 736 g/mol. The number of carboxylic acid groups (broad SMARTS) is 1. The first-order valence-electron chi connectivity index (χ1n) is 17.1. The molecule has 12 heteroatoms. The van der Waals surface area contributed by atoms with E-state index < -0.39 is 65.1 Å². The zero-order valence-electron chi connectivity index (χ0n) is 28.1. The molecule has 1 aliphatic carbocycles. The molecule has 52 heavy (non-hydrogen) atoms. The molecule has 2 amide bonds. The molecule has 272 valence electrons. The van der Waals surface area contributed by atoms with Gasteiger partial charge < -0.3 is 20.1 Å². The van der Waals surface area contributed by atoms with E-state index in [1.165, 1.54) is 11.0 Å². The van der Waals surface area contributed by atoms with Crippen LogP contribution in [0.2, 0.25) is 5.02 Å². The summed E-state index contributed by atoms with van der Waals surface area (Å²) in [6.45, 7) is -0.338. The lowest BCUT2D eigenvalue weighted by molar-refractivity contribution is -0.143. The van der Waals surface area contributed by atoms with Gasteiger partial charge in [0.25, 0.3) is 0 Å². The zero-order chi connectivity index (χ0) is 37.0. The van der Waals surface area contributed by atoms with Gasteiger partial charge in [-0.05, 0) is 77.3 Å². The van der Waals surface area contributed by atoms with Gasteiger partial charge in [-0.1, -0.05) is 85.1 Å². The van der Waals surface area contributed by atoms with Crippen LogP contribution < -0.4 is 10.1 Å². The standard InChI is InChI=1S/C40H37ClF4N2O5/c41-33-20-30(40(43,44)45)19-29(37(33)42)23-52-31-15-14-27-16-17-47(35(48)18-24-6-4-5-7-24)38(32(27)21-31)39(51)46-34(22-36(49)50)28-12-10-26(11-13-28)25-8-2-1-3-9-25/h1-3,8-15,19-21,24,34,38H,4-7,16-18,22-23H2,(H,46,51)(H,49,50). The second-order valence-corrected chi connectivity index (χ2v) is 13.7. The molecule has 7 nitrogen and oxygen atoms in total. The maximum Gasteiger partial charge on any atom is 0.416 e. The van der Waals surface area contributed by atoms with Crippen LogP contribution >= 0.6 is 11.6 Å². The summed E-state index contributed by atoms with van der Waals surface area (Å²) in [4.78, 5) is 41.7. The Hall–Kier alpha value is -4.90. The topological polar surface area (TPSA) is 95.9 Å². The van der Waals surface area contributed by atoms with Crippen molar-refractivity contribution < 1.29 is 41.8 Å².